The summed E-state index contributed by atoms with van der Waals surface area (Å²) < 4.78 is 14.9. The van der Waals surface area contributed by atoms with Crippen molar-refractivity contribution in [3.63, 3.8) is 0 Å². The molecule has 14 heteroatoms. The molecule has 2 aliphatic rings. The Morgan fingerprint density at radius 1 is 0.885 bits per heavy atom. The van der Waals surface area contributed by atoms with Crippen LogP contribution in [0.1, 0.15) is 57.0 Å². The van der Waals surface area contributed by atoms with Crippen LogP contribution in [0.4, 0.5) is 17.1 Å². The summed E-state index contributed by atoms with van der Waals surface area (Å²) in [5.74, 6) is 0.133. The molecule has 2 aliphatic heterocycles. The smallest absolute Gasteiger partial charge is 0.272 e. The average molecular weight is 709 g/mol. The summed E-state index contributed by atoms with van der Waals surface area (Å²) in [7, 11) is 6.92. The van der Waals surface area contributed by atoms with E-state index in [0.29, 0.717) is 71.6 Å². The fourth-order valence-corrected chi connectivity index (χ4v) is 6.40. The first kappa shape index (κ1) is 35.9. The molecule has 2 aromatic carbocycles. The van der Waals surface area contributed by atoms with E-state index < -0.39 is 0 Å². The minimum Gasteiger partial charge on any atom is -0.493 e. The SMILES string of the molecule is CNCCNC(=O)c1cc(-c2ccc(NC(=O)c3cc(NC(=O)CCCOc4cc5c(cc4OC)C(=O)N4CCC[C@@H]4C=N5)cn3C)cc2)cn1C. The lowest BCUT2D eigenvalue weighted by Crippen LogP contribution is -2.35. The highest BCUT2D eigenvalue weighted by atomic mass is 16.5. The third-order valence-corrected chi connectivity index (χ3v) is 9.16. The van der Waals surface area contributed by atoms with Gasteiger partial charge in [-0.3, -0.25) is 24.2 Å². The number of anilines is 2. The maximum atomic E-state index is 13.1. The molecule has 6 rings (SSSR count). The predicted octanol–water partition coefficient (Wildman–Crippen LogP) is 4.36. The number of aryl methyl sites for hydroxylation is 2. The largest absolute Gasteiger partial charge is 0.493 e. The normalized spacial score (nSPS) is 14.7. The lowest BCUT2D eigenvalue weighted by Gasteiger charge is -2.20. The Bertz CT molecular complexity index is 2000. The van der Waals surface area contributed by atoms with Gasteiger partial charge < -0.3 is 44.8 Å². The van der Waals surface area contributed by atoms with E-state index in [-0.39, 0.29) is 42.7 Å². The number of nitrogens with zero attached hydrogens (tertiary/aromatic N) is 4. The highest BCUT2D eigenvalue weighted by molar-refractivity contribution is 6.05. The van der Waals surface area contributed by atoms with Gasteiger partial charge in [0.25, 0.3) is 17.7 Å². The summed E-state index contributed by atoms with van der Waals surface area (Å²) in [5, 5.41) is 11.6. The third kappa shape index (κ3) is 8.02. The summed E-state index contributed by atoms with van der Waals surface area (Å²) in [6, 6.07) is 14.2. The Hall–Kier alpha value is -5.89. The van der Waals surface area contributed by atoms with Crippen molar-refractivity contribution in [1.29, 1.82) is 0 Å². The Kier molecular flexibility index (Phi) is 11.0. The molecule has 272 valence electrons. The van der Waals surface area contributed by atoms with Gasteiger partial charge in [-0.25, -0.2) is 0 Å². The Morgan fingerprint density at radius 2 is 1.65 bits per heavy atom. The number of aliphatic imine (C=N–C) groups is 1. The number of benzene rings is 2. The van der Waals surface area contributed by atoms with Crippen molar-refractivity contribution in [2.24, 2.45) is 19.1 Å². The second kappa shape index (κ2) is 16.0. The molecular formula is C38H44N8O6. The number of aromatic nitrogens is 2. The molecule has 0 unspecified atom stereocenters. The highest BCUT2D eigenvalue weighted by Crippen LogP contribution is 2.38. The van der Waals surface area contributed by atoms with Gasteiger partial charge in [-0.1, -0.05) is 12.1 Å². The topological polar surface area (TPSA) is 160 Å². The van der Waals surface area contributed by atoms with Crippen LogP contribution >= 0.6 is 0 Å². The molecule has 0 spiro atoms. The minimum absolute atomic E-state index is 0.00719. The van der Waals surface area contributed by atoms with E-state index in [2.05, 4.69) is 26.3 Å². The van der Waals surface area contributed by atoms with Crippen LogP contribution in [0.25, 0.3) is 11.1 Å². The summed E-state index contributed by atoms with van der Waals surface area (Å²) in [6.45, 7) is 2.17. The standard InChI is InChI=1S/C38H44N8O6/c1-39-13-14-40-36(48)31-17-25(22-44(31)2)24-9-11-26(12-10-24)43-37(49)32-18-27(23-45(32)3)42-35(47)8-6-16-52-34-20-30-29(19-33(34)51-4)38(50)46-15-5-7-28(46)21-41-30/h9-12,17-23,28,39H,5-8,13-16H2,1-4H3,(H,40,48)(H,42,47)(H,43,49)/t28-/m1/s1. The number of methoxy groups -OCH3 is 1. The Balaban J connectivity index is 0.989. The molecule has 1 saturated heterocycles. The van der Waals surface area contributed by atoms with Crippen molar-refractivity contribution < 1.29 is 28.7 Å². The van der Waals surface area contributed by atoms with Gasteiger partial charge in [-0.2, -0.15) is 0 Å². The number of ether oxygens (including phenoxy) is 2. The molecule has 4 amide bonds. The van der Waals surface area contributed by atoms with Crippen molar-refractivity contribution in [3.05, 3.63) is 77.9 Å². The van der Waals surface area contributed by atoms with E-state index in [4.69, 9.17) is 9.47 Å². The fraction of sp³-hybridized carbons (Fsp3) is 0.342. The molecule has 1 fully saturated rings. The Morgan fingerprint density at radius 3 is 2.42 bits per heavy atom. The van der Waals surface area contributed by atoms with Gasteiger partial charge in [0.1, 0.15) is 11.4 Å². The van der Waals surface area contributed by atoms with E-state index in [9.17, 15) is 19.2 Å². The quantitative estimate of drug-likeness (QED) is 0.142. The zero-order valence-corrected chi connectivity index (χ0v) is 29.8. The van der Waals surface area contributed by atoms with E-state index in [0.717, 1.165) is 24.0 Å². The summed E-state index contributed by atoms with van der Waals surface area (Å²) in [5.41, 5.74) is 4.84. The number of nitrogens with one attached hydrogen (secondary N) is 4. The monoisotopic (exact) mass is 708 g/mol. The van der Waals surface area contributed by atoms with Crippen LogP contribution in [0.15, 0.2) is 65.9 Å². The van der Waals surface area contributed by atoms with E-state index in [1.54, 1.807) is 52.7 Å². The first-order chi connectivity index (χ1) is 25.1. The fourth-order valence-electron chi connectivity index (χ4n) is 6.40. The number of hydrogen-bond donors (Lipinski definition) is 4. The van der Waals surface area contributed by atoms with Gasteiger partial charge in [0.2, 0.25) is 5.91 Å². The van der Waals surface area contributed by atoms with Crippen LogP contribution in [0.2, 0.25) is 0 Å². The maximum Gasteiger partial charge on any atom is 0.272 e. The van der Waals surface area contributed by atoms with Crippen LogP contribution in [0, 0.1) is 0 Å². The number of carbonyl (C=O) groups excluding carboxylic acids is 4. The van der Waals surface area contributed by atoms with Gasteiger partial charge in [-0.05, 0) is 62.2 Å². The van der Waals surface area contributed by atoms with E-state index >= 15 is 0 Å². The van der Waals surface area contributed by atoms with Crippen molar-refractivity contribution >= 4 is 46.9 Å². The zero-order chi connectivity index (χ0) is 36.8. The van der Waals surface area contributed by atoms with Crippen LogP contribution in [0.5, 0.6) is 11.5 Å². The molecule has 4 heterocycles. The van der Waals surface area contributed by atoms with Crippen molar-refractivity contribution in [3.8, 4) is 22.6 Å². The molecule has 0 aliphatic carbocycles. The lowest BCUT2D eigenvalue weighted by molar-refractivity contribution is -0.116. The second-order valence-electron chi connectivity index (χ2n) is 12.8. The zero-order valence-electron chi connectivity index (χ0n) is 29.8. The molecular weight excluding hydrogens is 664 g/mol. The molecule has 52 heavy (non-hydrogen) atoms. The second-order valence-corrected chi connectivity index (χ2v) is 12.8. The number of rotatable bonds is 14. The van der Waals surface area contributed by atoms with Gasteiger partial charge in [0, 0.05) is 76.1 Å². The summed E-state index contributed by atoms with van der Waals surface area (Å²) in [4.78, 5) is 58.0. The van der Waals surface area contributed by atoms with Crippen molar-refractivity contribution in [2.75, 3.05) is 51.0 Å². The van der Waals surface area contributed by atoms with Crippen LogP contribution in [-0.4, -0.2) is 90.3 Å². The Labute approximate surface area is 302 Å². The first-order valence-corrected chi connectivity index (χ1v) is 17.3. The molecule has 0 radical (unpaired) electrons. The molecule has 4 N–H and O–H groups in total. The van der Waals surface area contributed by atoms with Crippen LogP contribution in [0.3, 0.4) is 0 Å². The lowest BCUT2D eigenvalue weighted by atomic mass is 10.1. The van der Waals surface area contributed by atoms with E-state index in [1.165, 1.54) is 7.11 Å². The van der Waals surface area contributed by atoms with Gasteiger partial charge in [0.15, 0.2) is 11.5 Å². The van der Waals surface area contributed by atoms with Crippen molar-refractivity contribution in [1.82, 2.24) is 24.7 Å². The number of likely N-dealkylation sites (N-methyl/N-ethyl adjacent to an activating group) is 1. The molecule has 0 bridgehead atoms. The maximum absolute atomic E-state index is 13.1. The molecule has 1 atom stereocenters. The molecule has 4 aromatic rings. The van der Waals surface area contributed by atoms with Gasteiger partial charge in [-0.15, -0.1) is 0 Å². The average Bonchev–Trinajstić information content (AvgIpc) is 3.85. The van der Waals surface area contributed by atoms with Gasteiger partial charge >= 0.3 is 0 Å². The molecule has 14 nitrogen and oxygen atoms in total. The molecule has 0 saturated carbocycles. The van der Waals surface area contributed by atoms with Gasteiger partial charge in [0.05, 0.1) is 36.7 Å². The summed E-state index contributed by atoms with van der Waals surface area (Å²) in [6.07, 6.45) is 7.87. The number of hydrogen-bond acceptors (Lipinski definition) is 8. The summed E-state index contributed by atoms with van der Waals surface area (Å²) >= 11 is 0. The number of carbonyl (C=O) groups is 4. The number of amides is 4. The van der Waals surface area contributed by atoms with E-state index in [1.807, 2.05) is 49.6 Å². The molecule has 2 aromatic heterocycles. The minimum atomic E-state index is -0.328. The first-order valence-electron chi connectivity index (χ1n) is 17.3. The third-order valence-electron chi connectivity index (χ3n) is 9.16. The van der Waals surface area contributed by atoms with Crippen LogP contribution < -0.4 is 30.7 Å². The number of fused-ring (bicyclic) bond motifs is 2. The highest BCUT2D eigenvalue weighted by Gasteiger charge is 2.32. The van der Waals surface area contributed by atoms with Crippen LogP contribution in [-0.2, 0) is 18.9 Å². The predicted molar refractivity (Wildman–Crippen MR) is 199 cm³/mol. The van der Waals surface area contributed by atoms with Crippen molar-refractivity contribution in [2.45, 2.75) is 31.7 Å².